The number of unbranched alkanes of at least 4 members (excludes halogenated alkanes) is 4. The largest absolute Gasteiger partial charge is 0.494 e. The van der Waals surface area contributed by atoms with Crippen molar-refractivity contribution in [2.45, 2.75) is 59.8 Å². The first kappa shape index (κ1) is 20.4. The molecule has 0 saturated heterocycles. The Labute approximate surface area is 151 Å². The lowest BCUT2D eigenvalue weighted by atomic mass is 9.96. The van der Waals surface area contributed by atoms with Crippen LogP contribution in [-0.4, -0.2) is 17.6 Å². The second-order valence-electron chi connectivity index (χ2n) is 6.95. The van der Waals surface area contributed by atoms with Gasteiger partial charge >= 0.3 is 0 Å². The van der Waals surface area contributed by atoms with Gasteiger partial charge in [-0.3, -0.25) is 4.79 Å². The zero-order valence-corrected chi connectivity index (χ0v) is 16.1. The maximum Gasteiger partial charge on any atom is 0.231 e. The molecule has 0 saturated carbocycles. The molecule has 0 unspecified atom stereocenters. The number of rotatable bonds is 8. The average Bonchev–Trinajstić information content (AvgIpc) is 2.51. The Bertz CT molecular complexity index is 521. The number of hydrogen-bond acceptors (Lipinski definition) is 3. The number of thiocarbonyl (C=S) groups is 1. The van der Waals surface area contributed by atoms with Gasteiger partial charge in [0.25, 0.3) is 0 Å². The maximum atomic E-state index is 11.9. The van der Waals surface area contributed by atoms with Gasteiger partial charge in [0.05, 0.1) is 6.61 Å². The van der Waals surface area contributed by atoms with E-state index in [-0.39, 0.29) is 5.91 Å². The topological polar surface area (TPSA) is 50.4 Å². The third-order valence-electron chi connectivity index (χ3n) is 3.54. The standard InChI is InChI=1S/C19H30N2O2S/c1-5-6-7-8-9-14-23-16-12-10-15(11-13-16)20-18(24)21-17(22)19(2,3)4/h10-13H,5-9,14H2,1-4H3,(H2,20,21,22,24). The molecule has 4 nitrogen and oxygen atoms in total. The van der Waals surface area contributed by atoms with Gasteiger partial charge in [-0.1, -0.05) is 53.4 Å². The third-order valence-corrected chi connectivity index (χ3v) is 3.74. The van der Waals surface area contributed by atoms with E-state index in [2.05, 4.69) is 17.6 Å². The van der Waals surface area contributed by atoms with Crippen molar-refractivity contribution in [2.75, 3.05) is 11.9 Å². The number of benzene rings is 1. The molecule has 5 heteroatoms. The van der Waals surface area contributed by atoms with Crippen LogP contribution in [0.15, 0.2) is 24.3 Å². The second-order valence-corrected chi connectivity index (χ2v) is 7.35. The lowest BCUT2D eigenvalue weighted by molar-refractivity contribution is -0.126. The maximum absolute atomic E-state index is 11.9. The van der Waals surface area contributed by atoms with Gasteiger partial charge in [0.15, 0.2) is 5.11 Å². The van der Waals surface area contributed by atoms with Crippen LogP contribution in [0.25, 0.3) is 0 Å². The third kappa shape index (κ3) is 8.29. The van der Waals surface area contributed by atoms with Gasteiger partial charge < -0.3 is 15.4 Å². The summed E-state index contributed by atoms with van der Waals surface area (Å²) < 4.78 is 5.73. The number of ether oxygens (including phenoxy) is 1. The second kappa shape index (κ2) is 10.3. The van der Waals surface area contributed by atoms with Crippen LogP contribution in [0, 0.1) is 5.41 Å². The highest BCUT2D eigenvalue weighted by Gasteiger charge is 2.21. The average molecular weight is 351 g/mol. The first-order chi connectivity index (χ1) is 11.3. The van der Waals surface area contributed by atoms with E-state index in [1.807, 2.05) is 45.0 Å². The van der Waals surface area contributed by atoms with Crippen LogP contribution in [0.3, 0.4) is 0 Å². The van der Waals surface area contributed by atoms with Gasteiger partial charge in [0.2, 0.25) is 5.91 Å². The summed E-state index contributed by atoms with van der Waals surface area (Å²) in [6, 6.07) is 7.59. The van der Waals surface area contributed by atoms with Gasteiger partial charge in [0.1, 0.15) is 5.75 Å². The molecule has 0 aliphatic rings. The zero-order valence-electron chi connectivity index (χ0n) is 15.3. The molecule has 0 aliphatic carbocycles. The van der Waals surface area contributed by atoms with E-state index in [4.69, 9.17) is 17.0 Å². The van der Waals surface area contributed by atoms with E-state index in [0.717, 1.165) is 24.5 Å². The number of nitrogens with one attached hydrogen (secondary N) is 2. The number of carbonyl (C=O) groups is 1. The van der Waals surface area contributed by atoms with Crippen molar-refractivity contribution in [2.24, 2.45) is 5.41 Å². The summed E-state index contributed by atoms with van der Waals surface area (Å²) in [5.74, 6) is 0.740. The SMILES string of the molecule is CCCCCCCOc1ccc(NC(=S)NC(=O)C(C)(C)C)cc1. The lowest BCUT2D eigenvalue weighted by Gasteiger charge is -2.18. The fraction of sp³-hybridized carbons (Fsp3) is 0.579. The highest BCUT2D eigenvalue weighted by atomic mass is 32.1. The smallest absolute Gasteiger partial charge is 0.231 e. The Balaban J connectivity index is 2.34. The van der Waals surface area contributed by atoms with Gasteiger partial charge in [-0.15, -0.1) is 0 Å². The number of hydrogen-bond donors (Lipinski definition) is 2. The van der Waals surface area contributed by atoms with Crippen molar-refractivity contribution >= 4 is 28.9 Å². The summed E-state index contributed by atoms with van der Waals surface area (Å²) in [7, 11) is 0. The summed E-state index contributed by atoms with van der Waals surface area (Å²) in [5, 5.41) is 6.00. The molecule has 24 heavy (non-hydrogen) atoms. The molecule has 1 aromatic rings. The van der Waals surface area contributed by atoms with Crippen molar-refractivity contribution in [1.82, 2.24) is 5.32 Å². The lowest BCUT2D eigenvalue weighted by Crippen LogP contribution is -2.41. The van der Waals surface area contributed by atoms with Crippen LogP contribution in [-0.2, 0) is 4.79 Å². The molecule has 0 fully saturated rings. The van der Waals surface area contributed by atoms with Crippen molar-refractivity contribution in [3.63, 3.8) is 0 Å². The van der Waals surface area contributed by atoms with Gasteiger partial charge in [-0.05, 0) is 42.9 Å². The Kier molecular flexibility index (Phi) is 8.76. The molecule has 0 aromatic heterocycles. The highest BCUT2D eigenvalue weighted by molar-refractivity contribution is 7.80. The molecule has 0 spiro atoms. The van der Waals surface area contributed by atoms with Crippen molar-refractivity contribution in [1.29, 1.82) is 0 Å². The van der Waals surface area contributed by atoms with Crippen molar-refractivity contribution in [3.8, 4) is 5.75 Å². The molecular formula is C19H30N2O2S. The molecular weight excluding hydrogens is 320 g/mol. The minimum Gasteiger partial charge on any atom is -0.494 e. The van der Waals surface area contributed by atoms with Crippen LogP contribution in [0.5, 0.6) is 5.75 Å². The van der Waals surface area contributed by atoms with Gasteiger partial charge in [-0.25, -0.2) is 0 Å². The molecule has 0 radical (unpaired) electrons. The van der Waals surface area contributed by atoms with Crippen molar-refractivity contribution in [3.05, 3.63) is 24.3 Å². The normalized spacial score (nSPS) is 11.0. The highest BCUT2D eigenvalue weighted by Crippen LogP contribution is 2.17. The van der Waals surface area contributed by atoms with Crippen LogP contribution in [0.4, 0.5) is 5.69 Å². The van der Waals surface area contributed by atoms with Gasteiger partial charge in [-0.2, -0.15) is 0 Å². The quantitative estimate of drug-likeness (QED) is 0.517. The number of amides is 1. The van der Waals surface area contributed by atoms with E-state index in [0.29, 0.717) is 5.11 Å². The summed E-state index contributed by atoms with van der Waals surface area (Å²) in [4.78, 5) is 11.9. The number of carbonyl (C=O) groups excluding carboxylic acids is 1. The molecule has 0 bridgehead atoms. The summed E-state index contributed by atoms with van der Waals surface area (Å²) >= 11 is 5.16. The molecule has 134 valence electrons. The van der Waals surface area contributed by atoms with Crippen molar-refractivity contribution < 1.29 is 9.53 Å². The van der Waals surface area contributed by atoms with E-state index in [1.165, 1.54) is 25.7 Å². The van der Waals surface area contributed by atoms with Crippen LogP contribution in [0.1, 0.15) is 59.8 Å². The van der Waals surface area contributed by atoms with E-state index >= 15 is 0 Å². The minimum atomic E-state index is -0.472. The molecule has 0 aliphatic heterocycles. The van der Waals surface area contributed by atoms with E-state index in [9.17, 15) is 4.79 Å². The first-order valence-corrected chi connectivity index (χ1v) is 9.09. The fourth-order valence-corrected chi connectivity index (χ4v) is 2.19. The van der Waals surface area contributed by atoms with Crippen LogP contribution in [0.2, 0.25) is 0 Å². The Morgan fingerprint density at radius 2 is 1.71 bits per heavy atom. The first-order valence-electron chi connectivity index (χ1n) is 8.68. The number of anilines is 1. The predicted octanol–water partition coefficient (Wildman–Crippen LogP) is 4.89. The molecule has 2 N–H and O–H groups in total. The van der Waals surface area contributed by atoms with Gasteiger partial charge in [0, 0.05) is 11.1 Å². The Hall–Kier alpha value is -1.62. The van der Waals surface area contributed by atoms with Crippen LogP contribution < -0.4 is 15.4 Å². The summed E-state index contributed by atoms with van der Waals surface area (Å²) in [6.45, 7) is 8.50. The fourth-order valence-electron chi connectivity index (χ4n) is 1.98. The summed E-state index contributed by atoms with van der Waals surface area (Å²) in [6.07, 6.45) is 6.14. The van der Waals surface area contributed by atoms with Crippen LogP contribution >= 0.6 is 12.2 Å². The Morgan fingerprint density at radius 3 is 2.29 bits per heavy atom. The van der Waals surface area contributed by atoms with E-state index in [1.54, 1.807) is 0 Å². The van der Waals surface area contributed by atoms with E-state index < -0.39 is 5.41 Å². The predicted molar refractivity (Wildman–Crippen MR) is 105 cm³/mol. The summed E-state index contributed by atoms with van der Waals surface area (Å²) in [5.41, 5.74) is 0.352. The molecule has 0 heterocycles. The molecule has 1 amide bonds. The Morgan fingerprint density at radius 1 is 1.08 bits per heavy atom. The minimum absolute atomic E-state index is 0.108. The zero-order chi connectivity index (χ0) is 18.0. The monoisotopic (exact) mass is 350 g/mol. The molecule has 1 rings (SSSR count). The molecule has 1 aromatic carbocycles. The molecule has 0 atom stereocenters.